The van der Waals surface area contributed by atoms with Crippen LogP contribution < -0.4 is 15.5 Å². The molecule has 34 heavy (non-hydrogen) atoms. The van der Waals surface area contributed by atoms with Crippen LogP contribution in [0.15, 0.2) is 30.3 Å². The third-order valence-electron chi connectivity index (χ3n) is 6.93. The van der Waals surface area contributed by atoms with Gasteiger partial charge in [0.25, 0.3) is 0 Å². The number of hydrogen-bond acceptors (Lipinski definition) is 4. The molecule has 184 valence electrons. The van der Waals surface area contributed by atoms with Crippen LogP contribution in [-0.4, -0.2) is 34.2 Å². The molecule has 2 aromatic rings. The highest BCUT2D eigenvalue weighted by atomic mass is 35.5. The lowest BCUT2D eigenvalue weighted by Crippen LogP contribution is -2.41. The molecule has 1 aromatic carbocycles. The van der Waals surface area contributed by atoms with Gasteiger partial charge in [0, 0.05) is 35.6 Å². The molecule has 1 saturated carbocycles. The number of nitrogens with one attached hydrogen (secondary N) is 2. The van der Waals surface area contributed by atoms with Crippen molar-refractivity contribution in [2.45, 2.75) is 69.5 Å². The van der Waals surface area contributed by atoms with E-state index in [1.54, 1.807) is 0 Å². The average Bonchev–Trinajstić information content (AvgIpc) is 3.28. The molecule has 1 aliphatic carbocycles. The van der Waals surface area contributed by atoms with Gasteiger partial charge in [0.15, 0.2) is 10.8 Å². The lowest BCUT2D eigenvalue weighted by Gasteiger charge is -2.34. The molecule has 0 spiro atoms. The van der Waals surface area contributed by atoms with Crippen molar-refractivity contribution >= 4 is 40.7 Å². The highest BCUT2D eigenvalue weighted by molar-refractivity contribution is 7.80. The maximum atomic E-state index is 13.6. The van der Waals surface area contributed by atoms with Crippen LogP contribution in [-0.2, 0) is 11.6 Å². The standard InChI is InChI=1S/C24H29ClF3N5S/c1-16-6-2-5-13-33(16)20-14-19(24(26,27)28)30-21(31-20)32-22(34)29-15-23(11-3-4-12-23)17-7-9-18(25)10-8-17/h7-10,14,16H,2-6,11-13,15H2,1H3,(H2,29,30,31,32,34). The van der Waals surface area contributed by atoms with Gasteiger partial charge in [0.05, 0.1) is 0 Å². The quantitative estimate of drug-likeness (QED) is 0.458. The molecular formula is C24H29ClF3N5S. The third-order valence-corrected chi connectivity index (χ3v) is 7.43. The van der Waals surface area contributed by atoms with Gasteiger partial charge >= 0.3 is 6.18 Å². The number of rotatable bonds is 5. The van der Waals surface area contributed by atoms with Crippen LogP contribution in [0.3, 0.4) is 0 Å². The predicted octanol–water partition coefficient (Wildman–Crippen LogP) is 6.33. The second-order valence-electron chi connectivity index (χ2n) is 9.27. The molecular weight excluding hydrogens is 483 g/mol. The second kappa shape index (κ2) is 10.2. The zero-order valence-corrected chi connectivity index (χ0v) is 20.7. The van der Waals surface area contributed by atoms with Crippen LogP contribution in [0.2, 0.25) is 5.02 Å². The Labute approximate surface area is 208 Å². The van der Waals surface area contributed by atoms with Crippen molar-refractivity contribution in [1.29, 1.82) is 0 Å². The topological polar surface area (TPSA) is 53.1 Å². The molecule has 5 nitrogen and oxygen atoms in total. The van der Waals surface area contributed by atoms with E-state index in [1.165, 1.54) is 5.56 Å². The van der Waals surface area contributed by atoms with Crippen molar-refractivity contribution in [2.24, 2.45) is 0 Å². The number of benzene rings is 1. The molecule has 1 unspecified atom stereocenters. The van der Waals surface area contributed by atoms with Gasteiger partial charge in [-0.1, -0.05) is 36.6 Å². The van der Waals surface area contributed by atoms with Crippen molar-refractivity contribution in [2.75, 3.05) is 23.3 Å². The van der Waals surface area contributed by atoms with E-state index in [-0.39, 0.29) is 28.3 Å². The number of anilines is 2. The Morgan fingerprint density at radius 2 is 1.85 bits per heavy atom. The summed E-state index contributed by atoms with van der Waals surface area (Å²) in [4.78, 5) is 10.0. The van der Waals surface area contributed by atoms with E-state index < -0.39 is 11.9 Å². The van der Waals surface area contributed by atoms with E-state index in [9.17, 15) is 13.2 Å². The van der Waals surface area contributed by atoms with E-state index in [0.29, 0.717) is 18.1 Å². The van der Waals surface area contributed by atoms with Crippen molar-refractivity contribution in [3.8, 4) is 0 Å². The Kier molecular flexibility index (Phi) is 7.52. The molecule has 0 radical (unpaired) electrons. The summed E-state index contributed by atoms with van der Waals surface area (Å²) in [7, 11) is 0. The van der Waals surface area contributed by atoms with Gasteiger partial charge in [-0.25, -0.2) is 4.98 Å². The van der Waals surface area contributed by atoms with E-state index in [2.05, 4.69) is 20.6 Å². The number of thiocarbonyl (C=S) groups is 1. The summed E-state index contributed by atoms with van der Waals surface area (Å²) in [5, 5.41) is 6.89. The first-order valence-electron chi connectivity index (χ1n) is 11.7. The van der Waals surface area contributed by atoms with Crippen molar-refractivity contribution < 1.29 is 13.2 Å². The van der Waals surface area contributed by atoms with Gasteiger partial charge in [-0.3, -0.25) is 0 Å². The molecule has 2 aliphatic rings. The summed E-state index contributed by atoms with van der Waals surface area (Å²) >= 11 is 11.5. The molecule has 1 atom stereocenters. The molecule has 10 heteroatoms. The first-order valence-corrected chi connectivity index (χ1v) is 12.5. The largest absolute Gasteiger partial charge is 0.433 e. The summed E-state index contributed by atoms with van der Waals surface area (Å²) in [5.41, 5.74) is 0.106. The third kappa shape index (κ3) is 5.74. The predicted molar refractivity (Wildman–Crippen MR) is 134 cm³/mol. The van der Waals surface area contributed by atoms with Crippen LogP contribution >= 0.6 is 23.8 Å². The van der Waals surface area contributed by atoms with Crippen molar-refractivity contribution in [1.82, 2.24) is 15.3 Å². The minimum atomic E-state index is -4.58. The van der Waals surface area contributed by atoms with Gasteiger partial charge in [-0.2, -0.15) is 18.2 Å². The number of halogens is 4. The first-order chi connectivity index (χ1) is 16.2. The lowest BCUT2D eigenvalue weighted by molar-refractivity contribution is -0.141. The van der Waals surface area contributed by atoms with Gasteiger partial charge in [-0.05, 0) is 68.9 Å². The number of nitrogens with zero attached hydrogens (tertiary/aromatic N) is 3. The van der Waals surface area contributed by atoms with Crippen molar-refractivity contribution in [3.63, 3.8) is 0 Å². The minimum Gasteiger partial charge on any atom is -0.361 e. The monoisotopic (exact) mass is 511 g/mol. The summed E-state index contributed by atoms with van der Waals surface area (Å²) < 4.78 is 40.7. The molecule has 1 saturated heterocycles. The summed E-state index contributed by atoms with van der Waals surface area (Å²) in [6.45, 7) is 3.24. The van der Waals surface area contributed by atoms with Crippen LogP contribution in [0.5, 0.6) is 0 Å². The number of piperidine rings is 1. The zero-order valence-electron chi connectivity index (χ0n) is 19.1. The second-order valence-corrected chi connectivity index (χ2v) is 10.1. The maximum absolute atomic E-state index is 13.6. The van der Waals surface area contributed by atoms with E-state index >= 15 is 0 Å². The van der Waals surface area contributed by atoms with Crippen LogP contribution in [0.25, 0.3) is 0 Å². The molecule has 4 rings (SSSR count). The smallest absolute Gasteiger partial charge is 0.361 e. The molecule has 1 aromatic heterocycles. The van der Waals surface area contributed by atoms with Crippen molar-refractivity contribution in [3.05, 3.63) is 46.6 Å². The van der Waals surface area contributed by atoms with Gasteiger partial charge in [0.2, 0.25) is 5.95 Å². The highest BCUT2D eigenvalue weighted by Gasteiger charge is 2.37. The number of hydrogen-bond donors (Lipinski definition) is 2. The molecule has 0 bridgehead atoms. The Balaban J connectivity index is 1.50. The zero-order chi connectivity index (χ0) is 24.3. The van der Waals surface area contributed by atoms with Crippen LogP contribution in [0.1, 0.15) is 63.1 Å². The molecule has 2 heterocycles. The fourth-order valence-corrected chi connectivity index (χ4v) is 5.33. The van der Waals surface area contributed by atoms with E-state index in [1.807, 2.05) is 36.1 Å². The van der Waals surface area contributed by atoms with Gasteiger partial charge < -0.3 is 15.5 Å². The van der Waals surface area contributed by atoms with Gasteiger partial charge in [-0.15, -0.1) is 0 Å². The Morgan fingerprint density at radius 3 is 2.50 bits per heavy atom. The van der Waals surface area contributed by atoms with E-state index in [0.717, 1.165) is 51.0 Å². The number of aromatic nitrogens is 2. The fraction of sp³-hybridized carbons (Fsp3) is 0.542. The Morgan fingerprint density at radius 1 is 1.15 bits per heavy atom. The summed E-state index contributed by atoms with van der Waals surface area (Å²) in [6, 6.07) is 8.98. The molecule has 2 N–H and O–H groups in total. The first kappa shape index (κ1) is 25.0. The number of alkyl halides is 3. The Hall–Kier alpha value is -2.13. The van der Waals surface area contributed by atoms with Crippen LogP contribution in [0, 0.1) is 0 Å². The highest BCUT2D eigenvalue weighted by Crippen LogP contribution is 2.41. The summed E-state index contributed by atoms with van der Waals surface area (Å²) in [5.74, 6) is 0.125. The maximum Gasteiger partial charge on any atom is 0.433 e. The molecule has 0 amide bonds. The van der Waals surface area contributed by atoms with Crippen LogP contribution in [0.4, 0.5) is 24.9 Å². The SMILES string of the molecule is CC1CCCCN1c1cc(C(F)(F)F)nc(NC(=S)NCC2(c3ccc(Cl)cc3)CCCC2)n1. The fourth-order valence-electron chi connectivity index (χ4n) is 5.04. The Bertz CT molecular complexity index is 1010. The summed E-state index contributed by atoms with van der Waals surface area (Å²) in [6.07, 6.45) is 2.54. The van der Waals surface area contributed by atoms with E-state index in [4.69, 9.17) is 23.8 Å². The normalized spacial score (nSPS) is 20.3. The molecule has 1 aliphatic heterocycles. The lowest BCUT2D eigenvalue weighted by atomic mass is 9.79. The average molecular weight is 512 g/mol. The minimum absolute atomic E-state index is 0.0978. The van der Waals surface area contributed by atoms with Gasteiger partial charge in [0.1, 0.15) is 5.82 Å². The molecule has 2 fully saturated rings.